The van der Waals surface area contributed by atoms with Crippen molar-refractivity contribution in [3.8, 4) is 5.75 Å². The lowest BCUT2D eigenvalue weighted by Crippen LogP contribution is -2.07. The van der Waals surface area contributed by atoms with Crippen LogP contribution in [0.3, 0.4) is 0 Å². The maximum atomic E-state index is 12.4. The van der Waals surface area contributed by atoms with Crippen molar-refractivity contribution in [1.82, 2.24) is 0 Å². The third-order valence-corrected chi connectivity index (χ3v) is 4.78. The van der Waals surface area contributed by atoms with Crippen molar-refractivity contribution in [3.63, 3.8) is 0 Å². The molecule has 0 atom stereocenters. The van der Waals surface area contributed by atoms with Crippen LogP contribution in [0.25, 0.3) is 17.0 Å². The van der Waals surface area contributed by atoms with Crippen LogP contribution in [0.1, 0.15) is 25.8 Å². The minimum atomic E-state index is -0.422. The largest absolute Gasteiger partial charge is 0.453 e. The summed E-state index contributed by atoms with van der Waals surface area (Å²) in [6.45, 7) is 0. The van der Waals surface area contributed by atoms with Gasteiger partial charge in [-0.05, 0) is 41.8 Å². The van der Waals surface area contributed by atoms with Gasteiger partial charge in [0.05, 0.1) is 0 Å². The Kier molecular flexibility index (Phi) is 4.68. The smallest absolute Gasteiger partial charge is 0.353 e. The fourth-order valence-electron chi connectivity index (χ4n) is 2.61. The fraction of sp³-hybridized carbons (Fsp3) is 0. The van der Waals surface area contributed by atoms with Gasteiger partial charge in [0, 0.05) is 10.9 Å². The Morgan fingerprint density at radius 2 is 1.78 bits per heavy atom. The Morgan fingerprint density at radius 1 is 0.963 bits per heavy atom. The van der Waals surface area contributed by atoms with Crippen LogP contribution >= 0.6 is 11.3 Å². The summed E-state index contributed by atoms with van der Waals surface area (Å²) in [5.74, 6) is -0.0230. The summed E-state index contributed by atoms with van der Waals surface area (Å²) in [6, 6.07) is 19.7. The molecule has 0 saturated carbocycles. The molecule has 0 fully saturated rings. The average Bonchev–Trinajstić information content (AvgIpc) is 3.36. The molecule has 132 valence electrons. The average molecular weight is 374 g/mol. The number of rotatable bonds is 5. The number of thiophene rings is 1. The van der Waals surface area contributed by atoms with Crippen LogP contribution in [0.15, 0.2) is 82.6 Å². The van der Waals surface area contributed by atoms with Gasteiger partial charge in [0.15, 0.2) is 5.76 Å². The second-order valence-electron chi connectivity index (χ2n) is 5.75. The predicted molar refractivity (Wildman–Crippen MR) is 105 cm³/mol. The first-order chi connectivity index (χ1) is 13.2. The first-order valence-corrected chi connectivity index (χ1v) is 9.14. The molecular weight excluding hydrogens is 360 g/mol. The lowest BCUT2D eigenvalue weighted by Gasteiger charge is -2.06. The summed E-state index contributed by atoms with van der Waals surface area (Å²) in [7, 11) is 0. The summed E-state index contributed by atoms with van der Waals surface area (Å²) in [4.78, 5) is 25.1. The standard InChI is InChI=1S/C22H14O4S/c23-17(20-14-16-7-2-4-9-19(16)25-20)12-11-15-6-1-3-8-18(15)26-22(24)21-10-5-13-27-21/h1-14H/b12-11+. The number of fused-ring (bicyclic) bond motifs is 1. The molecule has 0 unspecified atom stereocenters. The number of hydrogen-bond donors (Lipinski definition) is 0. The first-order valence-electron chi connectivity index (χ1n) is 8.26. The predicted octanol–water partition coefficient (Wildman–Crippen LogP) is 5.61. The van der Waals surface area contributed by atoms with Gasteiger partial charge in [-0.2, -0.15) is 0 Å². The van der Waals surface area contributed by atoms with Gasteiger partial charge in [0.2, 0.25) is 5.78 Å². The topological polar surface area (TPSA) is 56.5 Å². The summed E-state index contributed by atoms with van der Waals surface area (Å²) in [5.41, 5.74) is 1.30. The number of ketones is 1. The van der Waals surface area contributed by atoms with Crippen molar-refractivity contribution in [2.45, 2.75) is 0 Å². The van der Waals surface area contributed by atoms with E-state index in [1.54, 1.807) is 42.5 Å². The van der Waals surface area contributed by atoms with E-state index in [0.29, 0.717) is 21.8 Å². The van der Waals surface area contributed by atoms with Crippen LogP contribution in [0.5, 0.6) is 5.75 Å². The van der Waals surface area contributed by atoms with Crippen molar-refractivity contribution in [2.24, 2.45) is 0 Å². The number of furan rings is 1. The number of ether oxygens (including phenoxy) is 1. The van der Waals surface area contributed by atoms with Crippen LogP contribution in [-0.4, -0.2) is 11.8 Å². The van der Waals surface area contributed by atoms with E-state index < -0.39 is 5.97 Å². The highest BCUT2D eigenvalue weighted by molar-refractivity contribution is 7.12. The van der Waals surface area contributed by atoms with Gasteiger partial charge in [0.25, 0.3) is 0 Å². The van der Waals surface area contributed by atoms with Gasteiger partial charge >= 0.3 is 5.97 Å². The molecule has 27 heavy (non-hydrogen) atoms. The van der Waals surface area contributed by atoms with E-state index in [4.69, 9.17) is 9.15 Å². The second-order valence-corrected chi connectivity index (χ2v) is 6.70. The summed E-state index contributed by atoms with van der Waals surface area (Å²) in [5, 5.41) is 2.69. The van der Waals surface area contributed by atoms with Crippen LogP contribution in [0.4, 0.5) is 0 Å². The normalized spacial score (nSPS) is 11.1. The lowest BCUT2D eigenvalue weighted by atomic mass is 10.1. The molecule has 0 saturated heterocycles. The molecular formula is C22H14O4S. The number of esters is 1. The number of hydrogen-bond acceptors (Lipinski definition) is 5. The molecule has 2 aromatic carbocycles. The molecule has 0 radical (unpaired) electrons. The Labute approximate surface area is 159 Å². The summed E-state index contributed by atoms with van der Waals surface area (Å²) in [6.07, 6.45) is 3.03. The highest BCUT2D eigenvalue weighted by Gasteiger charge is 2.12. The van der Waals surface area contributed by atoms with E-state index >= 15 is 0 Å². The van der Waals surface area contributed by atoms with Crippen molar-refractivity contribution in [3.05, 3.63) is 94.4 Å². The highest BCUT2D eigenvalue weighted by atomic mass is 32.1. The zero-order valence-corrected chi connectivity index (χ0v) is 14.9. The van der Waals surface area contributed by atoms with Crippen LogP contribution in [0, 0.1) is 0 Å². The number of para-hydroxylation sites is 2. The van der Waals surface area contributed by atoms with Gasteiger partial charge in [-0.25, -0.2) is 4.79 Å². The minimum Gasteiger partial charge on any atom is -0.453 e. The van der Waals surface area contributed by atoms with Gasteiger partial charge in [-0.1, -0.05) is 42.5 Å². The van der Waals surface area contributed by atoms with Crippen molar-refractivity contribution in [1.29, 1.82) is 0 Å². The van der Waals surface area contributed by atoms with Gasteiger partial charge in [-0.15, -0.1) is 11.3 Å². The maximum Gasteiger partial charge on any atom is 0.353 e. The molecule has 5 heteroatoms. The summed E-state index contributed by atoms with van der Waals surface area (Å²) < 4.78 is 11.0. The molecule has 0 N–H and O–H groups in total. The second kappa shape index (κ2) is 7.43. The fourth-order valence-corrected chi connectivity index (χ4v) is 3.21. The molecule has 4 aromatic rings. The van der Waals surface area contributed by atoms with Crippen molar-refractivity contribution < 1.29 is 18.7 Å². The van der Waals surface area contributed by atoms with E-state index in [-0.39, 0.29) is 11.5 Å². The third kappa shape index (κ3) is 3.73. The molecule has 0 aliphatic heterocycles. The Balaban J connectivity index is 1.55. The molecule has 0 amide bonds. The van der Waals surface area contributed by atoms with Gasteiger partial charge < -0.3 is 9.15 Å². The van der Waals surface area contributed by atoms with E-state index in [9.17, 15) is 9.59 Å². The molecule has 2 heterocycles. The van der Waals surface area contributed by atoms with Crippen molar-refractivity contribution in [2.75, 3.05) is 0 Å². The zero-order valence-electron chi connectivity index (χ0n) is 14.1. The monoisotopic (exact) mass is 374 g/mol. The van der Waals surface area contributed by atoms with E-state index in [1.165, 1.54) is 17.4 Å². The number of benzene rings is 2. The molecule has 4 nitrogen and oxygen atoms in total. The SMILES string of the molecule is O=C(/C=C/c1ccccc1OC(=O)c1cccs1)c1cc2ccccc2o1. The van der Waals surface area contributed by atoms with Crippen molar-refractivity contribution >= 4 is 40.1 Å². The van der Waals surface area contributed by atoms with Crippen LogP contribution in [-0.2, 0) is 0 Å². The summed E-state index contributed by atoms with van der Waals surface area (Å²) >= 11 is 1.31. The molecule has 0 spiro atoms. The van der Waals surface area contributed by atoms with Gasteiger partial charge in [-0.3, -0.25) is 4.79 Å². The maximum absolute atomic E-state index is 12.4. The first kappa shape index (κ1) is 17.0. The van der Waals surface area contributed by atoms with E-state index in [2.05, 4.69) is 0 Å². The van der Waals surface area contributed by atoms with Gasteiger partial charge in [0.1, 0.15) is 16.2 Å². The molecule has 0 aliphatic rings. The number of allylic oxidation sites excluding steroid dienone is 1. The number of carbonyl (C=O) groups is 2. The molecule has 2 aromatic heterocycles. The van der Waals surface area contributed by atoms with E-state index in [0.717, 1.165) is 5.39 Å². The quantitative estimate of drug-likeness (QED) is 0.197. The highest BCUT2D eigenvalue weighted by Crippen LogP contribution is 2.23. The zero-order chi connectivity index (χ0) is 18.6. The Bertz CT molecular complexity index is 1100. The Hall–Kier alpha value is -3.44. The van der Waals surface area contributed by atoms with Crippen LogP contribution < -0.4 is 4.74 Å². The molecule has 0 bridgehead atoms. The van der Waals surface area contributed by atoms with E-state index in [1.807, 2.05) is 35.7 Å². The lowest BCUT2D eigenvalue weighted by molar-refractivity contribution is 0.0739. The third-order valence-electron chi connectivity index (χ3n) is 3.93. The van der Waals surface area contributed by atoms with Crippen LogP contribution in [0.2, 0.25) is 0 Å². The minimum absolute atomic E-state index is 0.259. The number of carbonyl (C=O) groups excluding carboxylic acids is 2. The Morgan fingerprint density at radius 3 is 2.59 bits per heavy atom. The molecule has 0 aliphatic carbocycles. The molecule has 4 rings (SSSR count).